The molecule has 1 amide bonds. The number of hydrogen-bond donors (Lipinski definition) is 2. The number of amides is 1. The molecule has 0 aliphatic heterocycles. The fourth-order valence-corrected chi connectivity index (χ4v) is 2.99. The van der Waals surface area contributed by atoms with Gasteiger partial charge in [-0.15, -0.1) is 0 Å². The number of aromatic nitrogens is 2. The first-order valence-corrected chi connectivity index (χ1v) is 8.39. The van der Waals surface area contributed by atoms with Crippen LogP contribution in [0.5, 0.6) is 5.75 Å². The Kier molecular flexibility index (Phi) is 5.33. The highest BCUT2D eigenvalue weighted by atomic mass is 16.5. The van der Waals surface area contributed by atoms with Crippen LogP contribution in [0.2, 0.25) is 0 Å². The average Bonchev–Trinajstić information content (AvgIpc) is 3.29. The van der Waals surface area contributed by atoms with Gasteiger partial charge < -0.3 is 15.2 Å². The van der Waals surface area contributed by atoms with E-state index < -0.39 is 12.6 Å². The summed E-state index contributed by atoms with van der Waals surface area (Å²) < 4.78 is 7.02. The largest absolute Gasteiger partial charge is 0.482 e. The molecule has 0 saturated heterocycles. The van der Waals surface area contributed by atoms with Gasteiger partial charge in [-0.25, -0.2) is 4.79 Å². The average molecular weight is 343 g/mol. The molecular formula is C18H21N3O4. The van der Waals surface area contributed by atoms with Crippen molar-refractivity contribution in [2.45, 2.75) is 38.3 Å². The van der Waals surface area contributed by atoms with Crippen molar-refractivity contribution in [2.24, 2.45) is 0 Å². The SMILES string of the molecule is O=C(O)COc1cccc(CNC(=O)c2ccn(C3CCCC3)n2)c1. The molecule has 3 rings (SSSR count). The lowest BCUT2D eigenvalue weighted by atomic mass is 10.2. The van der Waals surface area contributed by atoms with Gasteiger partial charge in [-0.2, -0.15) is 5.10 Å². The first-order chi connectivity index (χ1) is 12.1. The zero-order chi connectivity index (χ0) is 17.6. The molecule has 7 nitrogen and oxygen atoms in total. The Bertz CT molecular complexity index is 750. The Labute approximate surface area is 145 Å². The molecule has 0 bridgehead atoms. The highest BCUT2D eigenvalue weighted by Crippen LogP contribution is 2.28. The van der Waals surface area contributed by atoms with E-state index in [1.165, 1.54) is 12.8 Å². The van der Waals surface area contributed by atoms with Gasteiger partial charge in [-0.1, -0.05) is 25.0 Å². The third-order valence-electron chi connectivity index (χ3n) is 4.25. The maximum absolute atomic E-state index is 12.3. The van der Waals surface area contributed by atoms with Crippen LogP contribution < -0.4 is 10.1 Å². The van der Waals surface area contributed by atoms with Crippen LogP contribution >= 0.6 is 0 Å². The van der Waals surface area contributed by atoms with Crippen LogP contribution in [0, 0.1) is 0 Å². The number of carbonyl (C=O) groups is 2. The molecule has 1 saturated carbocycles. The predicted molar refractivity (Wildman–Crippen MR) is 90.5 cm³/mol. The minimum absolute atomic E-state index is 0.228. The highest BCUT2D eigenvalue weighted by molar-refractivity contribution is 5.92. The van der Waals surface area contributed by atoms with Crippen LogP contribution in [0.3, 0.4) is 0 Å². The fraction of sp³-hybridized carbons (Fsp3) is 0.389. The van der Waals surface area contributed by atoms with Crippen LogP contribution in [0.4, 0.5) is 0 Å². The van der Waals surface area contributed by atoms with E-state index in [-0.39, 0.29) is 5.91 Å². The van der Waals surface area contributed by atoms with E-state index in [2.05, 4.69) is 10.4 Å². The van der Waals surface area contributed by atoms with Crippen LogP contribution in [0.1, 0.15) is 47.8 Å². The summed E-state index contributed by atoms with van der Waals surface area (Å²) in [5.74, 6) is -0.801. The summed E-state index contributed by atoms with van der Waals surface area (Å²) in [6.07, 6.45) is 6.53. The zero-order valence-corrected chi connectivity index (χ0v) is 13.9. The Morgan fingerprint density at radius 3 is 2.84 bits per heavy atom. The summed E-state index contributed by atoms with van der Waals surface area (Å²) in [7, 11) is 0. The lowest BCUT2D eigenvalue weighted by Crippen LogP contribution is -2.23. The van der Waals surface area contributed by atoms with Gasteiger partial charge in [0.05, 0.1) is 6.04 Å². The van der Waals surface area contributed by atoms with Crippen LogP contribution in [0.25, 0.3) is 0 Å². The van der Waals surface area contributed by atoms with Crippen molar-refractivity contribution in [1.29, 1.82) is 0 Å². The van der Waals surface area contributed by atoms with Gasteiger partial charge in [0.25, 0.3) is 5.91 Å². The molecule has 1 aliphatic carbocycles. The molecule has 0 radical (unpaired) electrons. The van der Waals surface area contributed by atoms with E-state index in [0.29, 0.717) is 24.0 Å². The molecule has 1 aromatic carbocycles. The van der Waals surface area contributed by atoms with Gasteiger partial charge >= 0.3 is 5.97 Å². The van der Waals surface area contributed by atoms with Crippen LogP contribution in [-0.2, 0) is 11.3 Å². The number of carboxylic acids is 1. The summed E-state index contributed by atoms with van der Waals surface area (Å²) in [6.45, 7) is -0.0756. The molecule has 25 heavy (non-hydrogen) atoms. The minimum Gasteiger partial charge on any atom is -0.482 e. The fourth-order valence-electron chi connectivity index (χ4n) is 2.99. The van der Waals surface area contributed by atoms with Crippen molar-refractivity contribution in [3.63, 3.8) is 0 Å². The number of carbonyl (C=O) groups excluding carboxylic acids is 1. The van der Waals surface area contributed by atoms with Crippen molar-refractivity contribution in [1.82, 2.24) is 15.1 Å². The molecule has 132 valence electrons. The number of benzene rings is 1. The maximum atomic E-state index is 12.3. The Balaban J connectivity index is 1.55. The van der Waals surface area contributed by atoms with E-state index in [0.717, 1.165) is 18.4 Å². The van der Waals surface area contributed by atoms with Crippen LogP contribution in [-0.4, -0.2) is 33.4 Å². The zero-order valence-electron chi connectivity index (χ0n) is 13.9. The van der Waals surface area contributed by atoms with Crippen molar-refractivity contribution in [2.75, 3.05) is 6.61 Å². The molecule has 2 N–H and O–H groups in total. The first kappa shape index (κ1) is 17.0. The molecule has 7 heteroatoms. The molecule has 1 aromatic heterocycles. The lowest BCUT2D eigenvalue weighted by molar-refractivity contribution is -0.139. The van der Waals surface area contributed by atoms with Crippen molar-refractivity contribution in [3.8, 4) is 5.75 Å². The molecular weight excluding hydrogens is 322 g/mol. The lowest BCUT2D eigenvalue weighted by Gasteiger charge is -2.09. The summed E-state index contributed by atoms with van der Waals surface area (Å²) in [4.78, 5) is 22.8. The van der Waals surface area contributed by atoms with E-state index in [1.54, 1.807) is 24.3 Å². The molecule has 0 atom stereocenters. The third kappa shape index (κ3) is 4.59. The summed E-state index contributed by atoms with van der Waals surface area (Å²) in [6, 6.07) is 9.13. The van der Waals surface area contributed by atoms with Gasteiger partial charge in [0.15, 0.2) is 6.61 Å². The molecule has 1 fully saturated rings. The Morgan fingerprint density at radius 1 is 1.28 bits per heavy atom. The second kappa shape index (κ2) is 7.83. The Morgan fingerprint density at radius 2 is 2.08 bits per heavy atom. The number of aliphatic carboxylic acids is 1. The van der Waals surface area contributed by atoms with Crippen molar-refractivity contribution >= 4 is 11.9 Å². The molecule has 1 aliphatic rings. The van der Waals surface area contributed by atoms with Gasteiger partial charge in [0.1, 0.15) is 11.4 Å². The summed E-state index contributed by atoms with van der Waals surface area (Å²) in [5, 5.41) is 15.8. The standard InChI is InChI=1S/C18H21N3O4/c22-17(23)12-25-15-7-3-4-13(10-15)11-19-18(24)16-8-9-21(20-16)14-5-1-2-6-14/h3-4,7-10,14H,1-2,5-6,11-12H2,(H,19,24)(H,22,23). The van der Waals surface area contributed by atoms with E-state index in [1.807, 2.05) is 16.9 Å². The smallest absolute Gasteiger partial charge is 0.341 e. The quantitative estimate of drug-likeness (QED) is 0.805. The van der Waals surface area contributed by atoms with E-state index >= 15 is 0 Å². The normalized spacial score (nSPS) is 14.4. The van der Waals surface area contributed by atoms with Crippen molar-refractivity contribution in [3.05, 3.63) is 47.8 Å². The number of nitrogens with zero attached hydrogens (tertiary/aromatic N) is 2. The van der Waals surface area contributed by atoms with E-state index in [9.17, 15) is 9.59 Å². The molecule has 0 spiro atoms. The second-order valence-electron chi connectivity index (χ2n) is 6.13. The van der Waals surface area contributed by atoms with Crippen molar-refractivity contribution < 1.29 is 19.4 Å². The molecule has 2 aromatic rings. The van der Waals surface area contributed by atoms with Gasteiger partial charge in [-0.3, -0.25) is 9.48 Å². The van der Waals surface area contributed by atoms with E-state index in [4.69, 9.17) is 9.84 Å². The number of rotatable bonds is 7. The number of carboxylic acid groups (broad SMARTS) is 1. The monoisotopic (exact) mass is 343 g/mol. The number of hydrogen-bond acceptors (Lipinski definition) is 4. The Hall–Kier alpha value is -2.83. The maximum Gasteiger partial charge on any atom is 0.341 e. The number of nitrogens with one attached hydrogen (secondary N) is 1. The topological polar surface area (TPSA) is 93.5 Å². The third-order valence-corrected chi connectivity index (χ3v) is 4.25. The molecule has 1 heterocycles. The van der Waals surface area contributed by atoms with Gasteiger partial charge in [0.2, 0.25) is 0 Å². The second-order valence-corrected chi connectivity index (χ2v) is 6.13. The summed E-state index contributed by atoms with van der Waals surface area (Å²) in [5.41, 5.74) is 1.23. The van der Waals surface area contributed by atoms with Crippen LogP contribution in [0.15, 0.2) is 36.5 Å². The highest BCUT2D eigenvalue weighted by Gasteiger charge is 2.19. The first-order valence-electron chi connectivity index (χ1n) is 8.39. The van der Waals surface area contributed by atoms with Gasteiger partial charge in [-0.05, 0) is 36.6 Å². The predicted octanol–water partition coefficient (Wildman–Crippen LogP) is 2.39. The van der Waals surface area contributed by atoms with Gasteiger partial charge in [0, 0.05) is 12.7 Å². The minimum atomic E-state index is -1.03. The molecule has 0 unspecified atom stereocenters. The summed E-state index contributed by atoms with van der Waals surface area (Å²) >= 11 is 0. The number of ether oxygens (including phenoxy) is 1.